The van der Waals surface area contributed by atoms with Crippen LogP contribution in [0.1, 0.15) is 12.5 Å². The van der Waals surface area contributed by atoms with Crippen LogP contribution in [-0.2, 0) is 13.0 Å². The lowest BCUT2D eigenvalue weighted by Crippen LogP contribution is -2.23. The van der Waals surface area contributed by atoms with Crippen LogP contribution in [0.3, 0.4) is 0 Å². The molecule has 1 aliphatic heterocycles. The van der Waals surface area contributed by atoms with Gasteiger partial charge in [-0.25, -0.2) is 0 Å². The zero-order valence-electron chi connectivity index (χ0n) is 11.6. The molecule has 0 saturated carbocycles. The van der Waals surface area contributed by atoms with Gasteiger partial charge in [0.15, 0.2) is 6.10 Å². The topological polar surface area (TPSA) is 53.4 Å². The Balaban J connectivity index is 1.66. The van der Waals surface area contributed by atoms with Gasteiger partial charge < -0.3 is 9.47 Å². The standard InChI is InChI=1S/C15H15IN2O3/c1-2-10-7-18-8-13(21-15(18)17-14(10)19)9-20-12-5-3-4-11(16)6-12/h3-7,13H,2,8-9H2,1H3. The van der Waals surface area contributed by atoms with E-state index in [1.54, 1.807) is 0 Å². The first kappa shape index (κ1) is 14.4. The molecule has 0 amide bonds. The lowest BCUT2D eigenvalue weighted by Gasteiger charge is -2.11. The second-order valence-corrected chi connectivity index (χ2v) is 6.11. The van der Waals surface area contributed by atoms with E-state index in [0.29, 0.717) is 31.1 Å². The number of benzene rings is 1. The van der Waals surface area contributed by atoms with Crippen LogP contribution in [0, 0.1) is 3.57 Å². The van der Waals surface area contributed by atoms with Crippen molar-refractivity contribution >= 4 is 22.6 Å². The molecule has 2 aromatic rings. The molecule has 3 rings (SSSR count). The van der Waals surface area contributed by atoms with Crippen LogP contribution in [0.5, 0.6) is 11.8 Å². The smallest absolute Gasteiger partial charge is 0.300 e. The van der Waals surface area contributed by atoms with Crippen molar-refractivity contribution in [3.05, 3.63) is 49.9 Å². The fourth-order valence-electron chi connectivity index (χ4n) is 2.23. The van der Waals surface area contributed by atoms with Crippen LogP contribution in [0.2, 0.25) is 0 Å². The van der Waals surface area contributed by atoms with Crippen LogP contribution < -0.4 is 15.0 Å². The third kappa shape index (κ3) is 3.20. The molecule has 5 nitrogen and oxygen atoms in total. The van der Waals surface area contributed by atoms with Gasteiger partial charge in [-0.2, -0.15) is 4.98 Å². The van der Waals surface area contributed by atoms with Crippen molar-refractivity contribution in [2.24, 2.45) is 0 Å². The van der Waals surface area contributed by atoms with E-state index in [-0.39, 0.29) is 11.7 Å². The molecule has 0 N–H and O–H groups in total. The Morgan fingerprint density at radius 2 is 2.38 bits per heavy atom. The minimum Gasteiger partial charge on any atom is -0.490 e. The number of halogens is 1. The van der Waals surface area contributed by atoms with Crippen molar-refractivity contribution < 1.29 is 9.47 Å². The van der Waals surface area contributed by atoms with Crippen molar-refractivity contribution in [2.75, 3.05) is 6.61 Å². The van der Waals surface area contributed by atoms with Crippen LogP contribution in [-0.4, -0.2) is 22.3 Å². The summed E-state index contributed by atoms with van der Waals surface area (Å²) in [6, 6.07) is 8.24. The van der Waals surface area contributed by atoms with Crippen molar-refractivity contribution in [3.8, 4) is 11.8 Å². The minimum absolute atomic E-state index is 0.123. The molecule has 0 radical (unpaired) electrons. The zero-order valence-corrected chi connectivity index (χ0v) is 13.7. The molecule has 1 unspecified atom stereocenters. The van der Waals surface area contributed by atoms with Crippen LogP contribution in [0.4, 0.5) is 0 Å². The molecule has 0 bridgehead atoms. The average molecular weight is 398 g/mol. The number of hydrogen-bond acceptors (Lipinski definition) is 4. The molecule has 21 heavy (non-hydrogen) atoms. The number of ether oxygens (including phenoxy) is 2. The largest absolute Gasteiger partial charge is 0.490 e. The number of aryl methyl sites for hydroxylation is 1. The molecular weight excluding hydrogens is 383 g/mol. The molecule has 1 aromatic carbocycles. The maximum absolute atomic E-state index is 11.7. The first-order valence-electron chi connectivity index (χ1n) is 6.81. The van der Waals surface area contributed by atoms with Crippen LogP contribution in [0.25, 0.3) is 0 Å². The third-order valence-electron chi connectivity index (χ3n) is 3.31. The zero-order chi connectivity index (χ0) is 14.8. The fourth-order valence-corrected chi connectivity index (χ4v) is 2.74. The van der Waals surface area contributed by atoms with E-state index < -0.39 is 0 Å². The second kappa shape index (κ2) is 6.05. The monoisotopic (exact) mass is 398 g/mol. The Morgan fingerprint density at radius 1 is 1.52 bits per heavy atom. The van der Waals surface area contributed by atoms with Crippen LogP contribution >= 0.6 is 22.6 Å². The highest BCUT2D eigenvalue weighted by Gasteiger charge is 2.24. The summed E-state index contributed by atoms with van der Waals surface area (Å²) in [6.07, 6.45) is 2.38. The Kier molecular flexibility index (Phi) is 4.14. The van der Waals surface area contributed by atoms with Gasteiger partial charge in [0.2, 0.25) is 0 Å². The van der Waals surface area contributed by atoms with E-state index in [1.807, 2.05) is 42.0 Å². The van der Waals surface area contributed by atoms with Gasteiger partial charge in [0, 0.05) is 15.3 Å². The van der Waals surface area contributed by atoms with Gasteiger partial charge in [0.25, 0.3) is 11.6 Å². The predicted octanol–water partition coefficient (Wildman–Crippen LogP) is 2.25. The summed E-state index contributed by atoms with van der Waals surface area (Å²) >= 11 is 2.24. The lowest BCUT2D eigenvalue weighted by atomic mass is 10.2. The highest BCUT2D eigenvalue weighted by Crippen LogP contribution is 2.20. The van der Waals surface area contributed by atoms with Gasteiger partial charge in [-0.15, -0.1) is 0 Å². The van der Waals surface area contributed by atoms with Crippen molar-refractivity contribution in [1.29, 1.82) is 0 Å². The molecule has 2 heterocycles. The number of aromatic nitrogens is 2. The Hall–Kier alpha value is -1.57. The van der Waals surface area contributed by atoms with Gasteiger partial charge in [0.1, 0.15) is 12.4 Å². The van der Waals surface area contributed by atoms with Crippen molar-refractivity contribution in [3.63, 3.8) is 0 Å². The van der Waals surface area contributed by atoms with Gasteiger partial charge in [-0.3, -0.25) is 9.36 Å². The molecular formula is C15H15IN2O3. The molecule has 110 valence electrons. The maximum atomic E-state index is 11.7. The quantitative estimate of drug-likeness (QED) is 0.742. The summed E-state index contributed by atoms with van der Waals surface area (Å²) in [7, 11) is 0. The van der Waals surface area contributed by atoms with E-state index >= 15 is 0 Å². The Labute approximate surface area is 136 Å². The molecule has 1 aliphatic rings. The van der Waals surface area contributed by atoms with E-state index in [4.69, 9.17) is 9.47 Å². The molecule has 0 saturated heterocycles. The molecule has 0 spiro atoms. The number of rotatable bonds is 4. The molecule has 0 fully saturated rings. The number of hydrogen-bond donors (Lipinski definition) is 0. The molecule has 6 heteroatoms. The maximum Gasteiger partial charge on any atom is 0.300 e. The Bertz CT molecular complexity index is 714. The summed E-state index contributed by atoms with van der Waals surface area (Å²) in [5.74, 6) is 0.818. The predicted molar refractivity (Wildman–Crippen MR) is 86.9 cm³/mol. The van der Waals surface area contributed by atoms with E-state index in [1.165, 1.54) is 0 Å². The normalized spacial score (nSPS) is 16.4. The average Bonchev–Trinajstić information content (AvgIpc) is 2.86. The van der Waals surface area contributed by atoms with Crippen molar-refractivity contribution in [2.45, 2.75) is 26.0 Å². The minimum atomic E-state index is -0.206. The lowest BCUT2D eigenvalue weighted by molar-refractivity contribution is 0.143. The second-order valence-electron chi connectivity index (χ2n) is 4.87. The SMILES string of the molecule is CCc1cn2c(nc1=O)OC(COc1cccc(I)c1)C2. The van der Waals surface area contributed by atoms with Crippen LogP contribution in [0.15, 0.2) is 35.3 Å². The van der Waals surface area contributed by atoms with E-state index in [2.05, 4.69) is 27.6 Å². The summed E-state index contributed by atoms with van der Waals surface area (Å²) in [5.41, 5.74) is 0.504. The molecule has 1 atom stereocenters. The number of fused-ring (bicyclic) bond motifs is 1. The summed E-state index contributed by atoms with van der Waals surface area (Å²) in [6.45, 7) is 3.03. The molecule has 1 aromatic heterocycles. The first-order valence-corrected chi connectivity index (χ1v) is 7.89. The summed E-state index contributed by atoms with van der Waals surface area (Å²) in [5, 5.41) is 0. The number of nitrogens with zero attached hydrogens (tertiary/aromatic N) is 2. The highest BCUT2D eigenvalue weighted by atomic mass is 127. The third-order valence-corrected chi connectivity index (χ3v) is 3.99. The first-order chi connectivity index (χ1) is 10.2. The van der Waals surface area contributed by atoms with Gasteiger partial charge in [0.05, 0.1) is 6.54 Å². The van der Waals surface area contributed by atoms with Crippen molar-refractivity contribution in [1.82, 2.24) is 9.55 Å². The summed E-state index contributed by atoms with van der Waals surface area (Å²) in [4.78, 5) is 15.7. The van der Waals surface area contributed by atoms with E-state index in [9.17, 15) is 4.79 Å². The fraction of sp³-hybridized carbons (Fsp3) is 0.333. The van der Waals surface area contributed by atoms with E-state index in [0.717, 1.165) is 9.32 Å². The van der Waals surface area contributed by atoms with Gasteiger partial charge in [-0.1, -0.05) is 13.0 Å². The van der Waals surface area contributed by atoms with Gasteiger partial charge in [-0.05, 0) is 47.2 Å². The Morgan fingerprint density at radius 3 is 3.14 bits per heavy atom. The van der Waals surface area contributed by atoms with Gasteiger partial charge >= 0.3 is 0 Å². The molecule has 0 aliphatic carbocycles. The summed E-state index contributed by atoms with van der Waals surface area (Å²) < 4.78 is 14.4. The highest BCUT2D eigenvalue weighted by molar-refractivity contribution is 14.1.